The van der Waals surface area contributed by atoms with Gasteiger partial charge in [-0.3, -0.25) is 4.79 Å². The van der Waals surface area contributed by atoms with E-state index in [2.05, 4.69) is 10.6 Å². The van der Waals surface area contributed by atoms with Crippen LogP contribution in [0.2, 0.25) is 0 Å². The van der Waals surface area contributed by atoms with Gasteiger partial charge < -0.3 is 26.6 Å². The zero-order valence-electron chi connectivity index (χ0n) is 11.0. The maximum atomic E-state index is 11.9. The summed E-state index contributed by atoms with van der Waals surface area (Å²) in [5.74, 6) is -2.07. The van der Waals surface area contributed by atoms with E-state index in [1.165, 1.54) is 0 Å². The van der Waals surface area contributed by atoms with Gasteiger partial charge in [0.25, 0.3) is 0 Å². The maximum Gasteiger partial charge on any atom is 0.326 e. The Kier molecular flexibility index (Phi) is 7.50. The number of rotatable bonds is 8. The molecular formula is C11H21N3O5. The third-order valence-electron chi connectivity index (χ3n) is 2.83. The largest absolute Gasteiger partial charge is 0.480 e. The highest BCUT2D eigenvalue weighted by Crippen LogP contribution is 2.08. The zero-order valence-corrected chi connectivity index (χ0v) is 11.0. The number of nitrogens with two attached hydrogens (primary N) is 1. The average molecular weight is 275 g/mol. The Morgan fingerprint density at radius 1 is 1.26 bits per heavy atom. The van der Waals surface area contributed by atoms with Crippen molar-refractivity contribution in [1.82, 2.24) is 10.6 Å². The van der Waals surface area contributed by atoms with Gasteiger partial charge in [-0.05, 0) is 5.92 Å². The van der Waals surface area contributed by atoms with Crippen LogP contribution in [-0.4, -0.2) is 46.8 Å². The monoisotopic (exact) mass is 275 g/mol. The molecule has 6 N–H and O–H groups in total. The van der Waals surface area contributed by atoms with Crippen molar-refractivity contribution < 1.29 is 24.6 Å². The first-order valence-electron chi connectivity index (χ1n) is 6.03. The van der Waals surface area contributed by atoms with Crippen LogP contribution >= 0.6 is 0 Å². The lowest BCUT2D eigenvalue weighted by Gasteiger charge is -2.24. The first kappa shape index (κ1) is 17.2. The minimum absolute atomic E-state index is 0.106. The lowest BCUT2D eigenvalue weighted by molar-refractivity contribution is -0.142. The van der Waals surface area contributed by atoms with Crippen molar-refractivity contribution in [1.29, 1.82) is 0 Å². The van der Waals surface area contributed by atoms with E-state index in [-0.39, 0.29) is 18.9 Å². The van der Waals surface area contributed by atoms with Crippen LogP contribution < -0.4 is 16.4 Å². The number of carboxylic acid groups (broad SMARTS) is 1. The van der Waals surface area contributed by atoms with E-state index in [4.69, 9.17) is 15.9 Å². The number of carboxylic acids is 1. The topological polar surface area (TPSA) is 142 Å². The van der Waals surface area contributed by atoms with Gasteiger partial charge in [-0.15, -0.1) is 0 Å². The molecule has 3 unspecified atom stereocenters. The number of aliphatic carboxylic acids is 1. The second kappa shape index (κ2) is 8.30. The summed E-state index contributed by atoms with van der Waals surface area (Å²) in [4.78, 5) is 33.7. The van der Waals surface area contributed by atoms with E-state index in [1.54, 1.807) is 6.92 Å². The van der Waals surface area contributed by atoms with Gasteiger partial charge in [-0.25, -0.2) is 9.59 Å². The number of nitrogens with one attached hydrogen (secondary N) is 2. The zero-order chi connectivity index (χ0) is 15.0. The van der Waals surface area contributed by atoms with Crippen LogP contribution in [0.1, 0.15) is 26.7 Å². The second-order valence-corrected chi connectivity index (χ2v) is 4.28. The predicted octanol–water partition coefficient (Wildman–Crippen LogP) is -0.979. The average Bonchev–Trinajstić information content (AvgIpc) is 2.33. The minimum atomic E-state index is -1.25. The highest BCUT2D eigenvalue weighted by Gasteiger charge is 2.28. The number of hydrogen-bond acceptors (Lipinski definition) is 4. The molecule has 8 nitrogen and oxygen atoms in total. The quantitative estimate of drug-likeness (QED) is 0.387. The highest BCUT2D eigenvalue weighted by atomic mass is 16.4. The molecule has 3 amide bonds. The summed E-state index contributed by atoms with van der Waals surface area (Å²) in [6, 6.07) is -2.95. The Labute approximate surface area is 111 Å². The van der Waals surface area contributed by atoms with E-state index in [1.807, 2.05) is 6.92 Å². The summed E-state index contributed by atoms with van der Waals surface area (Å²) < 4.78 is 0. The summed E-state index contributed by atoms with van der Waals surface area (Å²) in [6.07, 6.45) is 0.501. The Balaban J connectivity index is 4.78. The smallest absolute Gasteiger partial charge is 0.326 e. The van der Waals surface area contributed by atoms with E-state index in [0.717, 1.165) is 0 Å². The normalized spacial score (nSPS) is 15.1. The molecule has 19 heavy (non-hydrogen) atoms. The number of carbonyl (C=O) groups is 3. The minimum Gasteiger partial charge on any atom is -0.480 e. The van der Waals surface area contributed by atoms with Gasteiger partial charge >= 0.3 is 12.0 Å². The van der Waals surface area contributed by atoms with Crippen molar-refractivity contribution in [2.45, 2.75) is 38.8 Å². The molecule has 0 aromatic heterocycles. The van der Waals surface area contributed by atoms with Crippen LogP contribution in [0.4, 0.5) is 4.79 Å². The number of primary amides is 1. The Bertz CT molecular complexity index is 334. The molecule has 0 heterocycles. The van der Waals surface area contributed by atoms with Crippen molar-refractivity contribution in [3.63, 3.8) is 0 Å². The summed E-state index contributed by atoms with van der Waals surface area (Å²) >= 11 is 0. The number of hydrogen-bond donors (Lipinski definition) is 5. The lowest BCUT2D eigenvalue weighted by atomic mass is 9.98. The van der Waals surface area contributed by atoms with Gasteiger partial charge in [0.2, 0.25) is 5.91 Å². The van der Waals surface area contributed by atoms with Crippen molar-refractivity contribution in [2.75, 3.05) is 6.61 Å². The molecule has 0 aliphatic heterocycles. The fourth-order valence-electron chi connectivity index (χ4n) is 1.50. The van der Waals surface area contributed by atoms with Crippen LogP contribution in [0.5, 0.6) is 0 Å². The van der Waals surface area contributed by atoms with E-state index in [9.17, 15) is 14.4 Å². The van der Waals surface area contributed by atoms with Crippen LogP contribution in [0.25, 0.3) is 0 Å². The molecule has 8 heteroatoms. The molecule has 0 saturated heterocycles. The molecule has 0 aliphatic rings. The van der Waals surface area contributed by atoms with Gasteiger partial charge in [-0.2, -0.15) is 0 Å². The van der Waals surface area contributed by atoms with E-state index in [0.29, 0.717) is 6.42 Å². The lowest BCUT2D eigenvalue weighted by Crippen LogP contribution is -2.55. The molecule has 0 aromatic carbocycles. The number of urea groups is 1. The molecule has 0 fully saturated rings. The number of carbonyl (C=O) groups excluding carboxylic acids is 2. The van der Waals surface area contributed by atoms with E-state index >= 15 is 0 Å². The summed E-state index contributed by atoms with van der Waals surface area (Å²) in [5.41, 5.74) is 4.99. The Morgan fingerprint density at radius 3 is 2.21 bits per heavy atom. The van der Waals surface area contributed by atoms with Crippen molar-refractivity contribution in [2.24, 2.45) is 11.7 Å². The van der Waals surface area contributed by atoms with Crippen LogP contribution in [-0.2, 0) is 9.59 Å². The Morgan fingerprint density at radius 2 is 1.84 bits per heavy atom. The SMILES string of the molecule is CCC(C)C(NC(N)=O)C(=O)NC(CCO)C(=O)O. The van der Waals surface area contributed by atoms with Gasteiger partial charge in [-0.1, -0.05) is 20.3 Å². The first-order valence-corrected chi connectivity index (χ1v) is 6.03. The van der Waals surface area contributed by atoms with Gasteiger partial charge in [0, 0.05) is 13.0 Å². The van der Waals surface area contributed by atoms with Crippen molar-refractivity contribution in [3.05, 3.63) is 0 Å². The molecule has 0 radical (unpaired) electrons. The third-order valence-corrected chi connectivity index (χ3v) is 2.83. The first-order chi connectivity index (χ1) is 8.83. The summed E-state index contributed by atoms with van der Waals surface area (Å²) in [5, 5.41) is 22.2. The van der Waals surface area contributed by atoms with Crippen LogP contribution in [0, 0.1) is 5.92 Å². The molecule has 0 aromatic rings. The molecule has 3 atom stereocenters. The Hall–Kier alpha value is -1.83. The van der Waals surface area contributed by atoms with Gasteiger partial charge in [0.1, 0.15) is 12.1 Å². The third kappa shape index (κ3) is 6.05. The van der Waals surface area contributed by atoms with Crippen molar-refractivity contribution in [3.8, 4) is 0 Å². The van der Waals surface area contributed by atoms with Crippen LogP contribution in [0.3, 0.4) is 0 Å². The molecule has 0 rings (SSSR count). The van der Waals surface area contributed by atoms with Crippen molar-refractivity contribution >= 4 is 17.9 Å². The molecule has 0 bridgehead atoms. The highest BCUT2D eigenvalue weighted by molar-refractivity contribution is 5.89. The molecule has 0 saturated carbocycles. The van der Waals surface area contributed by atoms with Crippen LogP contribution in [0.15, 0.2) is 0 Å². The number of aliphatic hydroxyl groups excluding tert-OH is 1. The fourth-order valence-corrected chi connectivity index (χ4v) is 1.50. The maximum absolute atomic E-state index is 11.9. The molecule has 110 valence electrons. The number of amides is 3. The summed E-state index contributed by atoms with van der Waals surface area (Å²) in [7, 11) is 0. The second-order valence-electron chi connectivity index (χ2n) is 4.28. The molecule has 0 spiro atoms. The van der Waals surface area contributed by atoms with Gasteiger partial charge in [0.05, 0.1) is 0 Å². The molecular weight excluding hydrogens is 254 g/mol. The summed E-state index contributed by atoms with van der Waals surface area (Å²) in [6.45, 7) is 3.20. The van der Waals surface area contributed by atoms with E-state index < -0.39 is 30.0 Å². The number of aliphatic hydroxyl groups is 1. The predicted molar refractivity (Wildman–Crippen MR) is 67.2 cm³/mol. The molecule has 0 aliphatic carbocycles. The standard InChI is InChI=1S/C11H21N3O5/c1-3-6(2)8(14-11(12)19)9(16)13-7(4-5-15)10(17)18/h6-8,15H,3-5H2,1-2H3,(H,13,16)(H,17,18)(H3,12,14,19). The van der Waals surface area contributed by atoms with Gasteiger partial charge in [0.15, 0.2) is 0 Å². The fraction of sp³-hybridized carbons (Fsp3) is 0.727.